The third kappa shape index (κ3) is 3.52. The predicted octanol–water partition coefficient (Wildman–Crippen LogP) is 1.56. The number of imidazole rings is 1. The zero-order valence-corrected chi connectivity index (χ0v) is 13.9. The fourth-order valence-electron chi connectivity index (χ4n) is 1.12. The van der Waals surface area contributed by atoms with Crippen molar-refractivity contribution in [3.8, 4) is 0 Å². The molecule has 1 aromatic heterocycles. The van der Waals surface area contributed by atoms with E-state index in [0.29, 0.717) is 16.5 Å². The summed E-state index contributed by atoms with van der Waals surface area (Å²) in [4.78, 5) is 4.02. The lowest BCUT2D eigenvalue weighted by molar-refractivity contribution is 0.507. The summed E-state index contributed by atoms with van der Waals surface area (Å²) in [5, 5.41) is 1.07. The summed E-state index contributed by atoms with van der Waals surface area (Å²) < 4.78 is 28.5. The van der Waals surface area contributed by atoms with Crippen LogP contribution in [0.5, 0.6) is 0 Å². The highest BCUT2D eigenvalue weighted by Gasteiger charge is 2.30. The second-order valence-electron chi connectivity index (χ2n) is 4.17. The molecule has 0 amide bonds. The molecule has 0 aliphatic carbocycles. The van der Waals surface area contributed by atoms with Gasteiger partial charge in [0.25, 0.3) is 10.0 Å². The number of nitrogens with zero attached hydrogens (tertiary/aromatic N) is 2. The zero-order chi connectivity index (χ0) is 13.3. The second-order valence-corrected chi connectivity index (χ2v) is 6.92. The minimum Gasteiger partial charge on any atom is -0.337 e. The average molecular weight is 389 g/mol. The highest BCUT2D eigenvalue weighted by molar-refractivity contribution is 9.09. The van der Waals surface area contributed by atoms with Crippen LogP contribution in [0.25, 0.3) is 0 Å². The van der Waals surface area contributed by atoms with E-state index in [1.807, 2.05) is 6.92 Å². The third-order valence-electron chi connectivity index (χ3n) is 2.33. The normalized spacial score (nSPS) is 13.0. The molecule has 0 saturated heterocycles. The summed E-state index contributed by atoms with van der Waals surface area (Å²) in [6.07, 6.45) is 1.50. The summed E-state index contributed by atoms with van der Waals surface area (Å²) in [7, 11) is -1.83. The topological polar surface area (TPSA) is 64.0 Å². The lowest BCUT2D eigenvalue weighted by Crippen LogP contribution is -2.48. The van der Waals surface area contributed by atoms with Crippen molar-refractivity contribution in [3.05, 3.63) is 12.0 Å². The molecule has 0 saturated carbocycles. The Bertz CT molecular complexity index is 475. The van der Waals surface area contributed by atoms with Crippen molar-refractivity contribution >= 4 is 41.9 Å². The van der Waals surface area contributed by atoms with Crippen LogP contribution in [0.4, 0.5) is 0 Å². The maximum atomic E-state index is 12.1. The SMILES string of the molecule is Cc1nc(S(=O)(=O)NC(C)(CBr)CBr)cn1C. The van der Waals surface area contributed by atoms with Gasteiger partial charge >= 0.3 is 0 Å². The summed E-state index contributed by atoms with van der Waals surface area (Å²) in [5.41, 5.74) is -0.579. The van der Waals surface area contributed by atoms with Gasteiger partial charge in [-0.05, 0) is 13.8 Å². The van der Waals surface area contributed by atoms with Crippen LogP contribution < -0.4 is 4.72 Å². The molecule has 1 rings (SSSR count). The Hall–Kier alpha value is 0.0800. The summed E-state index contributed by atoms with van der Waals surface area (Å²) >= 11 is 6.59. The van der Waals surface area contributed by atoms with Gasteiger partial charge in [-0.25, -0.2) is 18.1 Å². The molecule has 0 radical (unpaired) electrons. The van der Waals surface area contributed by atoms with Crippen LogP contribution in [0.1, 0.15) is 12.7 Å². The number of aryl methyl sites for hydroxylation is 2. The predicted molar refractivity (Wildman–Crippen MR) is 74.3 cm³/mol. The van der Waals surface area contributed by atoms with Crippen molar-refractivity contribution in [3.63, 3.8) is 0 Å². The Kier molecular flexibility index (Phi) is 4.79. The maximum absolute atomic E-state index is 12.1. The molecule has 1 N–H and O–H groups in total. The fourth-order valence-corrected chi connectivity index (χ4v) is 4.15. The lowest BCUT2D eigenvalue weighted by Gasteiger charge is -2.25. The van der Waals surface area contributed by atoms with E-state index in [2.05, 4.69) is 41.6 Å². The monoisotopic (exact) mass is 387 g/mol. The standard InChI is InChI=1S/C9H15Br2N3O2S/c1-7-12-8(4-14(7)3)17(15,16)13-9(2,5-10)6-11/h4,13H,5-6H2,1-3H3. The van der Waals surface area contributed by atoms with Gasteiger partial charge in [-0.1, -0.05) is 31.9 Å². The van der Waals surface area contributed by atoms with E-state index >= 15 is 0 Å². The highest BCUT2D eigenvalue weighted by Crippen LogP contribution is 2.16. The van der Waals surface area contributed by atoms with E-state index in [0.717, 1.165) is 0 Å². The van der Waals surface area contributed by atoms with Crippen molar-refractivity contribution < 1.29 is 8.42 Å². The fraction of sp³-hybridized carbons (Fsp3) is 0.667. The Balaban J connectivity index is 3.04. The molecule has 1 heterocycles. The largest absolute Gasteiger partial charge is 0.337 e. The first-order chi connectivity index (χ1) is 7.74. The quantitative estimate of drug-likeness (QED) is 0.778. The number of alkyl halides is 2. The van der Waals surface area contributed by atoms with Gasteiger partial charge in [0, 0.05) is 29.4 Å². The smallest absolute Gasteiger partial charge is 0.260 e. The number of halogens is 2. The van der Waals surface area contributed by atoms with Crippen LogP contribution in [0.2, 0.25) is 0 Å². The molecule has 0 aliphatic rings. The molecular formula is C9H15Br2N3O2S. The van der Waals surface area contributed by atoms with Gasteiger partial charge in [0.15, 0.2) is 5.03 Å². The van der Waals surface area contributed by atoms with Gasteiger partial charge in [0.05, 0.1) is 0 Å². The average Bonchev–Trinajstić information content (AvgIpc) is 2.59. The Labute approximate surface area is 118 Å². The first kappa shape index (κ1) is 15.1. The molecule has 17 heavy (non-hydrogen) atoms. The van der Waals surface area contributed by atoms with Crippen LogP contribution in [-0.4, -0.2) is 34.2 Å². The van der Waals surface area contributed by atoms with Gasteiger partial charge in [-0.3, -0.25) is 0 Å². The zero-order valence-electron chi connectivity index (χ0n) is 9.87. The number of sulfonamides is 1. The van der Waals surface area contributed by atoms with Crippen molar-refractivity contribution in [2.24, 2.45) is 7.05 Å². The third-order valence-corrected chi connectivity index (χ3v) is 6.32. The molecule has 8 heteroatoms. The van der Waals surface area contributed by atoms with Crippen molar-refractivity contribution in [1.29, 1.82) is 0 Å². The van der Waals surface area contributed by atoms with Gasteiger partial charge in [0.1, 0.15) is 5.82 Å². The molecule has 0 bridgehead atoms. The van der Waals surface area contributed by atoms with Gasteiger partial charge in [-0.2, -0.15) is 0 Å². The number of hydrogen-bond acceptors (Lipinski definition) is 3. The van der Waals surface area contributed by atoms with E-state index in [9.17, 15) is 8.42 Å². The van der Waals surface area contributed by atoms with Crippen LogP contribution in [-0.2, 0) is 17.1 Å². The van der Waals surface area contributed by atoms with Crippen LogP contribution in [0, 0.1) is 6.92 Å². The van der Waals surface area contributed by atoms with E-state index in [1.165, 1.54) is 6.20 Å². The van der Waals surface area contributed by atoms with Crippen LogP contribution in [0.15, 0.2) is 11.2 Å². The molecule has 98 valence electrons. The second kappa shape index (κ2) is 5.38. The minimum absolute atomic E-state index is 0.0469. The van der Waals surface area contributed by atoms with E-state index in [4.69, 9.17) is 0 Å². The molecule has 0 fully saturated rings. The van der Waals surface area contributed by atoms with Gasteiger partial charge in [0.2, 0.25) is 0 Å². The van der Waals surface area contributed by atoms with Crippen molar-refractivity contribution in [2.45, 2.75) is 24.4 Å². The Morgan fingerprint density at radius 1 is 1.47 bits per heavy atom. The van der Waals surface area contributed by atoms with Gasteiger partial charge in [-0.15, -0.1) is 0 Å². The van der Waals surface area contributed by atoms with E-state index in [1.54, 1.807) is 18.5 Å². The molecular weight excluding hydrogens is 374 g/mol. The molecule has 5 nitrogen and oxygen atoms in total. The lowest BCUT2D eigenvalue weighted by atomic mass is 10.1. The minimum atomic E-state index is -3.59. The summed E-state index contributed by atoms with van der Waals surface area (Å²) in [6.45, 7) is 3.57. The van der Waals surface area contributed by atoms with Crippen molar-refractivity contribution in [1.82, 2.24) is 14.3 Å². The summed E-state index contributed by atoms with van der Waals surface area (Å²) in [5.74, 6) is 0.657. The number of hydrogen-bond donors (Lipinski definition) is 1. The number of aromatic nitrogens is 2. The molecule has 0 aliphatic heterocycles. The first-order valence-electron chi connectivity index (χ1n) is 4.90. The van der Waals surface area contributed by atoms with E-state index in [-0.39, 0.29) is 5.03 Å². The number of nitrogens with one attached hydrogen (secondary N) is 1. The highest BCUT2D eigenvalue weighted by atomic mass is 79.9. The Morgan fingerprint density at radius 2 is 2.00 bits per heavy atom. The molecule has 0 spiro atoms. The van der Waals surface area contributed by atoms with Crippen molar-refractivity contribution in [2.75, 3.05) is 10.7 Å². The van der Waals surface area contributed by atoms with E-state index < -0.39 is 15.6 Å². The van der Waals surface area contributed by atoms with Gasteiger partial charge < -0.3 is 4.57 Å². The molecule has 0 unspecified atom stereocenters. The molecule has 0 atom stereocenters. The Morgan fingerprint density at radius 3 is 2.35 bits per heavy atom. The summed E-state index contributed by atoms with van der Waals surface area (Å²) in [6, 6.07) is 0. The number of rotatable bonds is 5. The molecule has 0 aromatic carbocycles. The first-order valence-corrected chi connectivity index (χ1v) is 8.62. The maximum Gasteiger partial charge on any atom is 0.260 e. The van der Waals surface area contributed by atoms with Crippen LogP contribution >= 0.6 is 31.9 Å². The molecule has 1 aromatic rings. The van der Waals surface area contributed by atoms with Crippen LogP contribution in [0.3, 0.4) is 0 Å².